The third kappa shape index (κ3) is 9.15. The van der Waals surface area contributed by atoms with Crippen LogP contribution in [0.15, 0.2) is 60.7 Å². The van der Waals surface area contributed by atoms with Crippen molar-refractivity contribution in [3.05, 3.63) is 89.0 Å². The average Bonchev–Trinajstić information content (AvgIpc) is 3.11. The maximum absolute atomic E-state index is 14.2. The van der Waals surface area contributed by atoms with E-state index in [4.69, 9.17) is 20.3 Å². The predicted octanol–water partition coefficient (Wildman–Crippen LogP) is 6.68. The number of rotatable bonds is 10. The van der Waals surface area contributed by atoms with Gasteiger partial charge in [0.2, 0.25) is 0 Å². The number of nitrogens with two attached hydrogens (primary N) is 1. The molecule has 0 radical (unpaired) electrons. The third-order valence-electron chi connectivity index (χ3n) is 9.90. The number of amides is 1. The van der Waals surface area contributed by atoms with Crippen LogP contribution in [-0.2, 0) is 17.8 Å². The van der Waals surface area contributed by atoms with Crippen LogP contribution >= 0.6 is 0 Å². The lowest BCUT2D eigenvalue weighted by Crippen LogP contribution is -2.44. The van der Waals surface area contributed by atoms with E-state index in [9.17, 15) is 22.8 Å². The number of piperidine rings is 1. The summed E-state index contributed by atoms with van der Waals surface area (Å²) in [5, 5.41) is 11.2. The van der Waals surface area contributed by atoms with Crippen molar-refractivity contribution in [2.45, 2.75) is 44.8 Å². The molecule has 2 heterocycles. The third-order valence-corrected chi connectivity index (χ3v) is 9.90. The topological polar surface area (TPSA) is 109 Å². The number of methoxy groups -OCH3 is 2. The van der Waals surface area contributed by atoms with E-state index in [1.807, 2.05) is 60.5 Å². The molecule has 2 aliphatic rings. The maximum Gasteiger partial charge on any atom is 0.303 e. The van der Waals surface area contributed by atoms with Crippen molar-refractivity contribution in [3.8, 4) is 22.6 Å². The molecule has 3 N–H and O–H groups in total. The summed E-state index contributed by atoms with van der Waals surface area (Å²) in [6, 6.07) is 18.4. The van der Waals surface area contributed by atoms with Gasteiger partial charge in [-0.15, -0.1) is 0 Å². The van der Waals surface area contributed by atoms with Gasteiger partial charge in [-0.1, -0.05) is 36.4 Å². The Balaban J connectivity index is 0.000000244. The Hall–Kier alpha value is -4.81. The number of primary amides is 1. The molecule has 2 saturated heterocycles. The number of likely N-dealkylation sites (tertiary alicyclic amines) is 1. The van der Waals surface area contributed by atoms with Crippen LogP contribution in [0.4, 0.5) is 18.9 Å². The van der Waals surface area contributed by atoms with Crippen LogP contribution in [0.3, 0.4) is 0 Å². The number of benzene rings is 4. The number of carbonyl (C=O) groups is 2. The van der Waals surface area contributed by atoms with Gasteiger partial charge in [0.15, 0.2) is 0 Å². The molecule has 9 nitrogen and oxygen atoms in total. The number of ether oxygens (including phenoxy) is 2. The van der Waals surface area contributed by atoms with Crippen molar-refractivity contribution in [3.63, 3.8) is 0 Å². The van der Waals surface area contributed by atoms with Crippen LogP contribution in [0.1, 0.15) is 47.7 Å². The smallest absolute Gasteiger partial charge is 0.303 e. The summed E-state index contributed by atoms with van der Waals surface area (Å²) in [4.78, 5) is 28.3. The molecule has 0 aromatic heterocycles. The van der Waals surface area contributed by atoms with Gasteiger partial charge in [0, 0.05) is 57.9 Å². The van der Waals surface area contributed by atoms with Gasteiger partial charge in [-0.3, -0.25) is 14.5 Å². The minimum absolute atomic E-state index is 0.0860. The van der Waals surface area contributed by atoms with Crippen molar-refractivity contribution in [2.24, 2.45) is 5.73 Å². The fraction of sp³-hybridized carbons (Fsp3) is 0.400. The average molecular weight is 721 g/mol. The van der Waals surface area contributed by atoms with Gasteiger partial charge in [0.25, 0.3) is 5.91 Å². The van der Waals surface area contributed by atoms with E-state index in [1.54, 1.807) is 21.1 Å². The molecule has 0 saturated carbocycles. The Labute approximate surface area is 302 Å². The first-order valence-electron chi connectivity index (χ1n) is 17.4. The number of carboxylic acids is 1. The standard InChI is InChI=1S/C28H32FNO4.C12H15F2N3O/c1-28(29)12-14-30(15-13-28)18-19-16-24(33-2)27(25(17-19)34-3)23-9-5-7-21-20(10-11-26(31)32)6-4-8-22(21)23;1-16-2-4-17(5-3-16)8-6-9(13)11(12(15)18)10(14)7-8/h4-9,16-17H,10-15,18H2,1-3H3,(H,31,32);6-7H,2-5H2,1H3,(H2,15,18). The second-order valence-electron chi connectivity index (χ2n) is 13.7. The van der Waals surface area contributed by atoms with Gasteiger partial charge < -0.3 is 30.1 Å². The highest BCUT2D eigenvalue weighted by Crippen LogP contribution is 2.43. The lowest BCUT2D eigenvalue weighted by Gasteiger charge is -2.34. The Bertz CT molecular complexity index is 1850. The van der Waals surface area contributed by atoms with Gasteiger partial charge in [-0.2, -0.15) is 0 Å². The molecule has 278 valence electrons. The molecule has 6 rings (SSSR count). The van der Waals surface area contributed by atoms with E-state index in [-0.39, 0.29) is 6.42 Å². The minimum Gasteiger partial charge on any atom is -0.496 e. The number of aryl methyl sites for hydroxylation is 1. The molecule has 4 aromatic carbocycles. The molecule has 0 atom stereocenters. The minimum atomic E-state index is -1.09. The van der Waals surface area contributed by atoms with Gasteiger partial charge in [-0.25, -0.2) is 13.2 Å². The Morgan fingerprint density at radius 2 is 1.44 bits per heavy atom. The van der Waals surface area contributed by atoms with Crippen LogP contribution in [0.2, 0.25) is 0 Å². The highest BCUT2D eigenvalue weighted by molar-refractivity contribution is 6.01. The van der Waals surface area contributed by atoms with Gasteiger partial charge >= 0.3 is 5.97 Å². The van der Waals surface area contributed by atoms with Gasteiger partial charge in [-0.05, 0) is 85.0 Å². The molecule has 2 aliphatic heterocycles. The van der Waals surface area contributed by atoms with Crippen LogP contribution in [0.5, 0.6) is 11.5 Å². The van der Waals surface area contributed by atoms with Crippen LogP contribution in [0, 0.1) is 11.6 Å². The van der Waals surface area contributed by atoms with Crippen LogP contribution in [0.25, 0.3) is 21.9 Å². The Kier molecular flexibility index (Phi) is 12.3. The molecule has 0 spiro atoms. The summed E-state index contributed by atoms with van der Waals surface area (Å²) in [7, 11) is 5.30. The zero-order chi connectivity index (χ0) is 37.6. The van der Waals surface area contributed by atoms with Crippen molar-refractivity contribution >= 4 is 28.3 Å². The number of hydrogen-bond donors (Lipinski definition) is 2. The Morgan fingerprint density at radius 3 is 2.00 bits per heavy atom. The number of anilines is 1. The molecule has 1 amide bonds. The first kappa shape index (κ1) is 38.4. The van der Waals surface area contributed by atoms with Crippen molar-refractivity contribution in [2.75, 3.05) is 65.4 Å². The van der Waals surface area contributed by atoms with Gasteiger partial charge in [0.1, 0.15) is 34.4 Å². The van der Waals surface area contributed by atoms with Crippen LogP contribution in [-0.4, -0.2) is 93.0 Å². The van der Waals surface area contributed by atoms with Crippen molar-refractivity contribution in [1.82, 2.24) is 9.80 Å². The number of carboxylic acid groups (broad SMARTS) is 1. The van der Waals surface area contributed by atoms with E-state index in [1.165, 1.54) is 0 Å². The Morgan fingerprint density at radius 1 is 0.865 bits per heavy atom. The lowest BCUT2D eigenvalue weighted by atomic mass is 9.92. The first-order valence-corrected chi connectivity index (χ1v) is 17.4. The number of likely N-dealkylation sites (N-methyl/N-ethyl adjacent to an activating group) is 1. The van der Waals surface area contributed by atoms with E-state index in [2.05, 4.69) is 9.80 Å². The summed E-state index contributed by atoms with van der Waals surface area (Å²) >= 11 is 0. The number of fused-ring (bicyclic) bond motifs is 1. The first-order chi connectivity index (χ1) is 24.8. The van der Waals surface area contributed by atoms with E-state index < -0.39 is 34.7 Å². The number of nitrogens with zero attached hydrogens (tertiary/aromatic N) is 3. The summed E-state index contributed by atoms with van der Waals surface area (Å²) in [6.45, 7) is 6.91. The molecule has 0 bridgehead atoms. The van der Waals surface area contributed by atoms with E-state index in [0.29, 0.717) is 56.1 Å². The SMILES string of the molecule is CN1CCN(c2cc(F)c(C(N)=O)c(F)c2)CC1.COc1cc(CN2CCC(C)(F)CC2)cc(OC)c1-c1cccc2c(CCC(=O)O)cccc12. The number of aliphatic carboxylic acids is 1. The summed E-state index contributed by atoms with van der Waals surface area (Å²) < 4.78 is 53.1. The molecular formula is C40H47F3N4O5. The summed E-state index contributed by atoms with van der Waals surface area (Å²) in [5.41, 5.74) is 7.52. The number of alkyl halides is 1. The van der Waals surface area contributed by atoms with E-state index in [0.717, 1.165) is 71.3 Å². The molecular weight excluding hydrogens is 673 g/mol. The highest BCUT2D eigenvalue weighted by Gasteiger charge is 2.30. The molecule has 0 unspecified atom stereocenters. The van der Waals surface area contributed by atoms with Crippen LogP contribution < -0.4 is 20.1 Å². The molecule has 2 fully saturated rings. The maximum atomic E-state index is 14.2. The fourth-order valence-corrected chi connectivity index (χ4v) is 6.85. The molecule has 0 aliphatic carbocycles. The largest absolute Gasteiger partial charge is 0.496 e. The highest BCUT2D eigenvalue weighted by atomic mass is 19.1. The summed E-state index contributed by atoms with van der Waals surface area (Å²) in [5.74, 6) is -2.28. The quantitative estimate of drug-likeness (QED) is 0.187. The van der Waals surface area contributed by atoms with E-state index >= 15 is 0 Å². The van der Waals surface area contributed by atoms with Crippen molar-refractivity contribution < 1.29 is 37.3 Å². The lowest BCUT2D eigenvalue weighted by molar-refractivity contribution is -0.136. The normalized spacial score (nSPS) is 16.2. The second-order valence-corrected chi connectivity index (χ2v) is 13.7. The molecule has 4 aromatic rings. The monoisotopic (exact) mass is 720 g/mol. The predicted molar refractivity (Wildman–Crippen MR) is 197 cm³/mol. The summed E-state index contributed by atoms with van der Waals surface area (Å²) in [6.07, 6.45) is 1.64. The zero-order valence-corrected chi connectivity index (χ0v) is 30.2. The zero-order valence-electron chi connectivity index (χ0n) is 30.2. The number of halogens is 3. The van der Waals surface area contributed by atoms with Crippen molar-refractivity contribution in [1.29, 1.82) is 0 Å². The molecule has 52 heavy (non-hydrogen) atoms. The van der Waals surface area contributed by atoms with Gasteiger partial charge in [0.05, 0.1) is 19.8 Å². The fourth-order valence-electron chi connectivity index (χ4n) is 6.85. The number of carbonyl (C=O) groups excluding carboxylic acids is 1. The number of hydrogen-bond acceptors (Lipinski definition) is 7. The second kappa shape index (κ2) is 16.7. The number of piperazine rings is 1. The molecule has 12 heteroatoms.